The van der Waals surface area contributed by atoms with Crippen LogP contribution >= 0.6 is 11.6 Å². The van der Waals surface area contributed by atoms with Crippen molar-refractivity contribution in [2.45, 2.75) is 27.7 Å². The predicted molar refractivity (Wildman–Crippen MR) is 54.3 cm³/mol. The second-order valence-electron chi connectivity index (χ2n) is 1.92. The van der Waals surface area contributed by atoms with Crippen molar-refractivity contribution >= 4 is 16.8 Å². The molecular weight excluding hydrogens is 158 g/mol. The smallest absolute Gasteiger partial charge is 0.131 e. The first-order valence-electron chi connectivity index (χ1n) is 3.59. The lowest BCUT2D eigenvalue weighted by molar-refractivity contribution is 1.33. The fraction of sp³-hybridized carbons (Fsp3) is 0.444. The number of allylic oxidation sites excluding steroid dienone is 2. The van der Waals surface area contributed by atoms with E-state index in [4.69, 9.17) is 11.6 Å². The predicted octanol–water partition coefficient (Wildman–Crippen LogP) is 3.76. The molecule has 64 valence electrons. The molecule has 0 amide bonds. The van der Waals surface area contributed by atoms with Gasteiger partial charge in [0.25, 0.3) is 0 Å². The summed E-state index contributed by atoms with van der Waals surface area (Å²) in [6.07, 6.45) is 0. The number of nitrogens with zero attached hydrogens (tertiary/aromatic N) is 1. The molecule has 0 aliphatic heterocycles. The van der Waals surface area contributed by atoms with Crippen molar-refractivity contribution in [1.82, 2.24) is 0 Å². The lowest BCUT2D eigenvalue weighted by atomic mass is 10.4. The molecule has 0 aliphatic rings. The molecule has 0 fully saturated rings. The molecule has 0 spiro atoms. The van der Waals surface area contributed by atoms with Crippen molar-refractivity contribution in [2.24, 2.45) is 4.99 Å². The van der Waals surface area contributed by atoms with Gasteiger partial charge in [0.15, 0.2) is 0 Å². The molecule has 0 saturated carbocycles. The Balaban J connectivity index is 0. The van der Waals surface area contributed by atoms with Crippen molar-refractivity contribution in [1.29, 1.82) is 0 Å². The largest absolute Gasteiger partial charge is 0.242 e. The summed E-state index contributed by atoms with van der Waals surface area (Å²) in [6, 6.07) is 0. The highest BCUT2D eigenvalue weighted by Gasteiger charge is 1.91. The van der Waals surface area contributed by atoms with E-state index in [1.165, 1.54) is 0 Å². The first kappa shape index (κ1) is 13.1. The molecule has 2 heteroatoms. The average Bonchev–Trinajstić information content (AvgIpc) is 1.90. The van der Waals surface area contributed by atoms with Gasteiger partial charge in [0.2, 0.25) is 0 Å². The Labute approximate surface area is 74.5 Å². The molecule has 11 heavy (non-hydrogen) atoms. The van der Waals surface area contributed by atoms with Gasteiger partial charge in [-0.1, -0.05) is 38.6 Å². The van der Waals surface area contributed by atoms with Crippen LogP contribution in [0.15, 0.2) is 29.4 Å². The fourth-order valence-corrected chi connectivity index (χ4v) is 0.407. The Morgan fingerprint density at radius 3 is 1.64 bits per heavy atom. The second kappa shape index (κ2) is 7.55. The van der Waals surface area contributed by atoms with E-state index in [-0.39, 0.29) is 0 Å². The van der Waals surface area contributed by atoms with Crippen LogP contribution in [0.5, 0.6) is 0 Å². The fourth-order valence-electron chi connectivity index (χ4n) is 0.263. The number of aliphatic imine (C=N–C) groups is 1. The minimum atomic E-state index is 0.433. The average molecular weight is 174 g/mol. The number of hydrogen-bond acceptors (Lipinski definition) is 1. The quantitative estimate of drug-likeness (QED) is 0.564. The highest BCUT2D eigenvalue weighted by atomic mass is 35.5. The summed E-state index contributed by atoms with van der Waals surface area (Å²) in [5.41, 5.74) is 1.46. The van der Waals surface area contributed by atoms with Crippen LogP contribution in [0.4, 0.5) is 0 Å². The van der Waals surface area contributed by atoms with E-state index in [1.807, 2.05) is 13.8 Å². The Hall–Kier alpha value is -0.560. The number of halogens is 1. The van der Waals surface area contributed by atoms with Gasteiger partial charge < -0.3 is 0 Å². The molecule has 0 N–H and O–H groups in total. The minimum Gasteiger partial charge on any atom is -0.242 e. The highest BCUT2D eigenvalue weighted by Crippen LogP contribution is 2.01. The van der Waals surface area contributed by atoms with Crippen molar-refractivity contribution in [3.05, 3.63) is 24.4 Å². The van der Waals surface area contributed by atoms with Crippen molar-refractivity contribution in [2.75, 3.05) is 0 Å². The Kier molecular flexibility index (Phi) is 8.96. The molecule has 0 atom stereocenters. The lowest BCUT2D eigenvalue weighted by Crippen LogP contribution is -1.86. The second-order valence-corrected chi connectivity index (χ2v) is 2.28. The molecule has 0 aliphatic carbocycles. The van der Waals surface area contributed by atoms with Gasteiger partial charge in [-0.2, -0.15) is 0 Å². The van der Waals surface area contributed by atoms with Crippen LogP contribution in [0.2, 0.25) is 0 Å². The molecule has 0 radical (unpaired) electrons. The lowest BCUT2D eigenvalue weighted by Gasteiger charge is -1.92. The maximum absolute atomic E-state index is 5.60. The third-order valence-corrected chi connectivity index (χ3v) is 1.05. The summed E-state index contributed by atoms with van der Waals surface area (Å²) in [4.78, 5) is 3.86. The zero-order valence-electron chi connectivity index (χ0n) is 7.74. The van der Waals surface area contributed by atoms with Crippen molar-refractivity contribution in [3.8, 4) is 0 Å². The van der Waals surface area contributed by atoms with Gasteiger partial charge in [0, 0.05) is 5.70 Å². The van der Waals surface area contributed by atoms with Gasteiger partial charge in [-0.25, -0.2) is 4.99 Å². The van der Waals surface area contributed by atoms with Gasteiger partial charge in [-0.15, -0.1) is 0 Å². The van der Waals surface area contributed by atoms with Gasteiger partial charge in [0.1, 0.15) is 5.17 Å². The zero-order valence-corrected chi connectivity index (χ0v) is 8.50. The summed E-state index contributed by atoms with van der Waals surface area (Å²) in [5.74, 6) is 0. The standard InChI is InChI=1S/C7H10ClN.C2H6/c1-5(2)7(8)9-6(3)4;1-2/h1,3H2,2,4H3;1-2H3. The zero-order chi connectivity index (χ0) is 9.44. The molecule has 0 aromatic rings. The maximum Gasteiger partial charge on any atom is 0.131 e. The summed E-state index contributed by atoms with van der Waals surface area (Å²) < 4.78 is 0. The van der Waals surface area contributed by atoms with Crippen molar-refractivity contribution in [3.63, 3.8) is 0 Å². The molecule has 0 aromatic heterocycles. The third-order valence-electron chi connectivity index (χ3n) is 0.641. The normalized spacial score (nSPS) is 9.73. The molecule has 0 unspecified atom stereocenters. The van der Waals surface area contributed by atoms with Crippen LogP contribution in [-0.2, 0) is 0 Å². The van der Waals surface area contributed by atoms with Crippen LogP contribution in [0.25, 0.3) is 0 Å². The van der Waals surface area contributed by atoms with Gasteiger partial charge in [-0.05, 0) is 19.4 Å². The summed E-state index contributed by atoms with van der Waals surface area (Å²) in [5, 5.41) is 0.433. The van der Waals surface area contributed by atoms with E-state index in [2.05, 4.69) is 18.2 Å². The van der Waals surface area contributed by atoms with Crippen molar-refractivity contribution < 1.29 is 0 Å². The third kappa shape index (κ3) is 9.44. The molecular formula is C9H16ClN. The highest BCUT2D eigenvalue weighted by molar-refractivity contribution is 6.69. The van der Waals surface area contributed by atoms with E-state index in [0.717, 1.165) is 5.57 Å². The van der Waals surface area contributed by atoms with Crippen LogP contribution in [-0.4, -0.2) is 5.17 Å². The van der Waals surface area contributed by atoms with E-state index in [1.54, 1.807) is 13.8 Å². The Morgan fingerprint density at radius 1 is 1.18 bits per heavy atom. The summed E-state index contributed by atoms with van der Waals surface area (Å²) in [7, 11) is 0. The monoisotopic (exact) mass is 173 g/mol. The number of rotatable bonds is 2. The Morgan fingerprint density at radius 2 is 1.55 bits per heavy atom. The number of hydrogen-bond donors (Lipinski definition) is 0. The molecule has 1 nitrogen and oxygen atoms in total. The Bertz CT molecular complexity index is 168. The molecule has 0 bridgehead atoms. The van der Waals surface area contributed by atoms with Gasteiger partial charge in [0.05, 0.1) is 0 Å². The summed E-state index contributed by atoms with van der Waals surface area (Å²) >= 11 is 5.60. The molecule has 0 rings (SSSR count). The first-order chi connectivity index (χ1) is 5.04. The van der Waals surface area contributed by atoms with Gasteiger partial charge in [-0.3, -0.25) is 0 Å². The van der Waals surface area contributed by atoms with E-state index in [0.29, 0.717) is 10.9 Å². The first-order valence-corrected chi connectivity index (χ1v) is 3.97. The van der Waals surface area contributed by atoms with E-state index in [9.17, 15) is 0 Å². The van der Waals surface area contributed by atoms with Crippen LogP contribution in [0.3, 0.4) is 0 Å². The summed E-state index contributed by atoms with van der Waals surface area (Å²) in [6.45, 7) is 14.8. The van der Waals surface area contributed by atoms with Crippen LogP contribution < -0.4 is 0 Å². The van der Waals surface area contributed by atoms with E-state index < -0.39 is 0 Å². The minimum absolute atomic E-state index is 0.433. The SMILES string of the molecule is C=C(C)N=C(Cl)C(=C)C.CC. The molecule has 0 aromatic carbocycles. The molecule has 0 saturated heterocycles. The molecule has 0 heterocycles. The van der Waals surface area contributed by atoms with Gasteiger partial charge >= 0.3 is 0 Å². The van der Waals surface area contributed by atoms with Crippen LogP contribution in [0.1, 0.15) is 27.7 Å². The van der Waals surface area contributed by atoms with E-state index >= 15 is 0 Å². The van der Waals surface area contributed by atoms with Crippen LogP contribution in [0, 0.1) is 0 Å². The topological polar surface area (TPSA) is 12.4 Å². The maximum atomic E-state index is 5.60.